The molecule has 1 N–H and O–H groups in total. The van der Waals surface area contributed by atoms with Crippen molar-refractivity contribution in [2.75, 3.05) is 19.5 Å². The molecule has 0 bridgehead atoms. The number of benzene rings is 2. The second-order valence-corrected chi connectivity index (χ2v) is 5.87. The van der Waals surface area contributed by atoms with Crippen LogP contribution in [0.3, 0.4) is 0 Å². The van der Waals surface area contributed by atoms with Crippen molar-refractivity contribution in [1.82, 2.24) is 9.78 Å². The molecule has 0 spiro atoms. The fraction of sp³-hybridized carbons (Fsp3) is 0.200. The van der Waals surface area contributed by atoms with E-state index >= 15 is 0 Å². The molecule has 3 rings (SSSR count). The first kappa shape index (κ1) is 17.5. The van der Waals surface area contributed by atoms with Crippen molar-refractivity contribution in [3.8, 4) is 22.8 Å². The molecule has 3 aromatic rings. The van der Waals surface area contributed by atoms with Crippen molar-refractivity contribution in [1.29, 1.82) is 0 Å². The maximum atomic E-state index is 12.6. The third-order valence-electron chi connectivity index (χ3n) is 4.19. The molecule has 0 saturated carbocycles. The van der Waals surface area contributed by atoms with E-state index in [4.69, 9.17) is 9.47 Å². The second kappa shape index (κ2) is 7.31. The van der Waals surface area contributed by atoms with Crippen molar-refractivity contribution < 1.29 is 14.3 Å². The van der Waals surface area contributed by atoms with Gasteiger partial charge in [-0.1, -0.05) is 18.2 Å². The monoisotopic (exact) mass is 351 g/mol. The lowest BCUT2D eigenvalue weighted by Gasteiger charge is -2.10. The lowest BCUT2D eigenvalue weighted by Crippen LogP contribution is -2.13. The van der Waals surface area contributed by atoms with Crippen LogP contribution in [0.15, 0.2) is 48.5 Å². The van der Waals surface area contributed by atoms with E-state index in [0.29, 0.717) is 17.2 Å². The number of nitrogens with one attached hydrogen (secondary N) is 1. The number of anilines is 1. The molecule has 0 aliphatic carbocycles. The molecular formula is C20H21N3O3. The van der Waals surface area contributed by atoms with Crippen molar-refractivity contribution in [3.63, 3.8) is 0 Å². The lowest BCUT2D eigenvalue weighted by atomic mass is 10.1. The van der Waals surface area contributed by atoms with Crippen LogP contribution in [-0.4, -0.2) is 29.9 Å². The van der Waals surface area contributed by atoms with Crippen molar-refractivity contribution >= 4 is 11.6 Å². The number of methoxy groups -OCH3 is 2. The molecule has 6 nitrogen and oxygen atoms in total. The minimum Gasteiger partial charge on any atom is -0.497 e. The second-order valence-electron chi connectivity index (χ2n) is 5.87. The molecule has 1 aromatic heterocycles. The number of aromatic nitrogens is 2. The van der Waals surface area contributed by atoms with Gasteiger partial charge < -0.3 is 14.8 Å². The van der Waals surface area contributed by atoms with E-state index in [2.05, 4.69) is 10.4 Å². The fourth-order valence-corrected chi connectivity index (χ4v) is 2.74. The number of para-hydroxylation sites is 1. The van der Waals surface area contributed by atoms with Crippen LogP contribution < -0.4 is 14.8 Å². The van der Waals surface area contributed by atoms with Crippen LogP contribution in [0.2, 0.25) is 0 Å². The van der Waals surface area contributed by atoms with Crippen molar-refractivity contribution in [3.05, 3.63) is 59.8 Å². The highest BCUT2D eigenvalue weighted by atomic mass is 16.5. The number of amides is 1. The summed E-state index contributed by atoms with van der Waals surface area (Å²) < 4.78 is 12.4. The van der Waals surface area contributed by atoms with Crippen LogP contribution >= 0.6 is 0 Å². The molecule has 0 aliphatic heterocycles. The molecule has 0 unspecified atom stereocenters. The van der Waals surface area contributed by atoms with E-state index in [1.165, 1.54) is 0 Å². The standard InChI is InChI=1S/C20H21N3O3/c1-13-7-5-6-8-16(13)21-20(24)17-12-18(23(2)22-17)15-11-14(25-3)9-10-19(15)26-4/h5-12H,1-4H3,(H,21,24). The number of aryl methyl sites for hydroxylation is 2. The molecule has 0 saturated heterocycles. The first-order chi connectivity index (χ1) is 12.5. The number of hydrogen-bond donors (Lipinski definition) is 1. The van der Waals surface area contributed by atoms with Gasteiger partial charge in [0.15, 0.2) is 5.69 Å². The summed E-state index contributed by atoms with van der Waals surface area (Å²) in [6, 6.07) is 14.9. The van der Waals surface area contributed by atoms with Crippen molar-refractivity contribution in [2.24, 2.45) is 7.05 Å². The first-order valence-electron chi connectivity index (χ1n) is 8.17. The summed E-state index contributed by atoms with van der Waals surface area (Å²) in [5.74, 6) is 1.12. The minimum absolute atomic E-state index is 0.261. The van der Waals surface area contributed by atoms with E-state index in [-0.39, 0.29) is 5.91 Å². The van der Waals surface area contributed by atoms with Gasteiger partial charge in [-0.2, -0.15) is 5.10 Å². The minimum atomic E-state index is -0.261. The number of rotatable bonds is 5. The summed E-state index contributed by atoms with van der Waals surface area (Å²) in [5.41, 5.74) is 3.65. The lowest BCUT2D eigenvalue weighted by molar-refractivity contribution is 0.102. The zero-order valence-corrected chi connectivity index (χ0v) is 15.2. The molecule has 0 fully saturated rings. The third-order valence-corrected chi connectivity index (χ3v) is 4.19. The Morgan fingerprint density at radius 3 is 2.54 bits per heavy atom. The van der Waals surface area contributed by atoms with Gasteiger partial charge >= 0.3 is 0 Å². The number of carbonyl (C=O) groups excluding carboxylic acids is 1. The Hall–Kier alpha value is -3.28. The zero-order chi connectivity index (χ0) is 18.7. The average Bonchev–Trinajstić information content (AvgIpc) is 3.04. The number of ether oxygens (including phenoxy) is 2. The van der Waals surface area contributed by atoms with Gasteiger partial charge in [0.2, 0.25) is 0 Å². The summed E-state index contributed by atoms with van der Waals surface area (Å²) in [5, 5.41) is 7.25. The molecular weight excluding hydrogens is 330 g/mol. The smallest absolute Gasteiger partial charge is 0.276 e. The van der Waals surface area contributed by atoms with Gasteiger partial charge in [0.25, 0.3) is 5.91 Å². The Labute approximate surface area is 152 Å². The summed E-state index contributed by atoms with van der Waals surface area (Å²) >= 11 is 0. The maximum absolute atomic E-state index is 12.6. The predicted octanol–water partition coefficient (Wildman–Crippen LogP) is 3.67. The summed E-state index contributed by atoms with van der Waals surface area (Å²) in [6.07, 6.45) is 0. The van der Waals surface area contributed by atoms with Crippen LogP contribution in [-0.2, 0) is 7.05 Å². The average molecular weight is 351 g/mol. The van der Waals surface area contributed by atoms with Gasteiger partial charge in [-0.15, -0.1) is 0 Å². The molecule has 0 aliphatic rings. The molecule has 2 aromatic carbocycles. The number of hydrogen-bond acceptors (Lipinski definition) is 4. The largest absolute Gasteiger partial charge is 0.497 e. The van der Waals surface area contributed by atoms with E-state index in [1.54, 1.807) is 32.0 Å². The highest BCUT2D eigenvalue weighted by molar-refractivity contribution is 6.04. The van der Waals surface area contributed by atoms with Gasteiger partial charge in [-0.3, -0.25) is 9.48 Å². The Balaban J connectivity index is 1.95. The highest BCUT2D eigenvalue weighted by Crippen LogP contribution is 2.33. The SMILES string of the molecule is COc1ccc(OC)c(-c2cc(C(=O)Nc3ccccc3C)nn2C)c1. The van der Waals surface area contributed by atoms with E-state index in [0.717, 1.165) is 22.5 Å². The van der Waals surface area contributed by atoms with Crippen LogP contribution in [0.4, 0.5) is 5.69 Å². The summed E-state index contributed by atoms with van der Waals surface area (Å²) in [7, 11) is 5.00. The van der Waals surface area contributed by atoms with Crippen LogP contribution in [0.5, 0.6) is 11.5 Å². The Morgan fingerprint density at radius 2 is 1.85 bits per heavy atom. The predicted molar refractivity (Wildman–Crippen MR) is 101 cm³/mol. The quantitative estimate of drug-likeness (QED) is 0.762. The first-order valence-corrected chi connectivity index (χ1v) is 8.17. The van der Waals surface area contributed by atoms with Gasteiger partial charge in [-0.25, -0.2) is 0 Å². The zero-order valence-electron chi connectivity index (χ0n) is 15.2. The molecule has 26 heavy (non-hydrogen) atoms. The topological polar surface area (TPSA) is 65.4 Å². The van der Waals surface area contributed by atoms with Gasteiger partial charge in [0.1, 0.15) is 11.5 Å². The Kier molecular flexibility index (Phi) is 4.93. The Morgan fingerprint density at radius 1 is 1.08 bits per heavy atom. The summed E-state index contributed by atoms with van der Waals surface area (Å²) in [6.45, 7) is 1.95. The van der Waals surface area contributed by atoms with Crippen molar-refractivity contribution in [2.45, 2.75) is 6.92 Å². The van der Waals surface area contributed by atoms with Crippen LogP contribution in [0, 0.1) is 6.92 Å². The van der Waals surface area contributed by atoms with E-state index in [1.807, 2.05) is 49.4 Å². The van der Waals surface area contributed by atoms with Gasteiger partial charge in [0.05, 0.1) is 19.9 Å². The van der Waals surface area contributed by atoms with E-state index < -0.39 is 0 Å². The molecule has 134 valence electrons. The number of carbonyl (C=O) groups is 1. The number of nitrogens with zero attached hydrogens (tertiary/aromatic N) is 2. The third kappa shape index (κ3) is 3.39. The molecule has 0 radical (unpaired) electrons. The Bertz CT molecular complexity index is 947. The fourth-order valence-electron chi connectivity index (χ4n) is 2.74. The normalized spacial score (nSPS) is 10.5. The highest BCUT2D eigenvalue weighted by Gasteiger charge is 2.17. The van der Waals surface area contributed by atoms with E-state index in [9.17, 15) is 4.79 Å². The van der Waals surface area contributed by atoms with Crippen LogP contribution in [0.1, 0.15) is 16.1 Å². The van der Waals surface area contributed by atoms with Crippen LogP contribution in [0.25, 0.3) is 11.3 Å². The van der Waals surface area contributed by atoms with Gasteiger partial charge in [-0.05, 0) is 42.8 Å². The molecule has 0 atom stereocenters. The molecule has 1 heterocycles. The molecule has 1 amide bonds. The van der Waals surface area contributed by atoms with Gasteiger partial charge in [0, 0.05) is 18.3 Å². The maximum Gasteiger partial charge on any atom is 0.276 e. The molecule has 6 heteroatoms. The summed E-state index contributed by atoms with van der Waals surface area (Å²) in [4.78, 5) is 12.6.